The van der Waals surface area contributed by atoms with Crippen molar-refractivity contribution < 1.29 is 19.4 Å². The minimum absolute atomic E-state index is 0.0236. The Bertz CT molecular complexity index is 1100. The van der Waals surface area contributed by atoms with Gasteiger partial charge in [0, 0.05) is 5.41 Å². The van der Waals surface area contributed by atoms with E-state index in [0.29, 0.717) is 17.8 Å². The predicted octanol–water partition coefficient (Wildman–Crippen LogP) is 8.97. The summed E-state index contributed by atoms with van der Waals surface area (Å²) in [4.78, 5) is 26.0. The molecule has 4 nitrogen and oxygen atoms in total. The van der Waals surface area contributed by atoms with E-state index in [1.165, 1.54) is 24.8 Å². The van der Waals surface area contributed by atoms with E-state index in [4.69, 9.17) is 4.74 Å². The van der Waals surface area contributed by atoms with E-state index in [-0.39, 0.29) is 45.1 Å². The summed E-state index contributed by atoms with van der Waals surface area (Å²) in [7, 11) is 0. The van der Waals surface area contributed by atoms with Gasteiger partial charge in [-0.3, -0.25) is 9.59 Å². The minimum atomic E-state index is -0.646. The van der Waals surface area contributed by atoms with Crippen molar-refractivity contribution in [1.29, 1.82) is 0 Å². The average Bonchev–Trinajstić information content (AvgIpc) is 3.41. The first-order valence-corrected chi connectivity index (χ1v) is 16.8. The SMILES string of the molecule is CC1(C)C=C2[C@H]3CC[C@@H]4[C@@]5(C)CC[C@H](OC(=O)C6CCCC6)C(C)(C)[C@@H]5CC[C@@]4(C)[C@]3(C)CC[C@@]2(C(=O)O)CC1. The van der Waals surface area contributed by atoms with Gasteiger partial charge in [0.15, 0.2) is 0 Å². The molecule has 6 aliphatic carbocycles. The van der Waals surface area contributed by atoms with Crippen LogP contribution in [0.15, 0.2) is 11.6 Å². The fraction of sp³-hybridized carbons (Fsp3) is 0.889. The molecule has 224 valence electrons. The summed E-state index contributed by atoms with van der Waals surface area (Å²) in [5, 5.41) is 10.6. The predicted molar refractivity (Wildman–Crippen MR) is 159 cm³/mol. The summed E-state index contributed by atoms with van der Waals surface area (Å²) >= 11 is 0. The lowest BCUT2D eigenvalue weighted by atomic mass is 9.32. The van der Waals surface area contributed by atoms with Crippen molar-refractivity contribution in [2.24, 2.45) is 56.2 Å². The van der Waals surface area contributed by atoms with Gasteiger partial charge < -0.3 is 9.84 Å². The lowest BCUT2D eigenvalue weighted by Crippen LogP contribution is -2.66. The van der Waals surface area contributed by atoms with E-state index in [0.717, 1.165) is 70.6 Å². The standard InChI is InChI=1S/C36H56O4/c1-31(2)18-20-36(30(38)39)21-19-34(6)24(25(36)22-31)12-13-27-33(5)16-15-28(40-29(37)23-10-8-9-11-23)32(3,4)26(33)14-17-35(27,34)7/h22-24,26-28H,8-21H2,1-7H3,(H,38,39)/t24-,26+,27-,28+,33+,34-,35-,36+/m1/s1. The molecular weight excluding hydrogens is 496 g/mol. The lowest BCUT2D eigenvalue weighted by Gasteiger charge is -2.72. The fourth-order valence-electron chi connectivity index (χ4n) is 12.3. The number of carboxylic acid groups (broad SMARTS) is 1. The van der Waals surface area contributed by atoms with Gasteiger partial charge in [0.05, 0.1) is 11.3 Å². The zero-order valence-corrected chi connectivity index (χ0v) is 26.5. The van der Waals surface area contributed by atoms with Gasteiger partial charge in [0.2, 0.25) is 0 Å². The number of allylic oxidation sites excluding steroid dienone is 1. The van der Waals surface area contributed by atoms with Crippen LogP contribution in [0.5, 0.6) is 0 Å². The molecule has 0 heterocycles. The van der Waals surface area contributed by atoms with Crippen LogP contribution in [0.3, 0.4) is 0 Å². The lowest BCUT2D eigenvalue weighted by molar-refractivity contribution is -0.235. The molecule has 0 aliphatic heterocycles. The normalized spacial score (nSPS) is 47.6. The number of fused-ring (bicyclic) bond motifs is 7. The molecule has 0 spiro atoms. The molecule has 0 unspecified atom stereocenters. The molecule has 5 saturated carbocycles. The van der Waals surface area contributed by atoms with Crippen LogP contribution in [-0.4, -0.2) is 23.1 Å². The third kappa shape index (κ3) is 3.81. The Kier molecular flexibility index (Phi) is 6.54. The summed E-state index contributed by atoms with van der Waals surface area (Å²) in [6, 6.07) is 0. The van der Waals surface area contributed by atoms with E-state index < -0.39 is 11.4 Å². The van der Waals surface area contributed by atoms with Gasteiger partial charge in [0.1, 0.15) is 6.10 Å². The second-order valence-electron chi connectivity index (χ2n) is 17.4. The van der Waals surface area contributed by atoms with E-state index >= 15 is 0 Å². The number of esters is 1. The van der Waals surface area contributed by atoms with Crippen molar-refractivity contribution in [2.45, 2.75) is 144 Å². The fourth-order valence-corrected chi connectivity index (χ4v) is 12.3. The first kappa shape index (κ1) is 28.8. The molecule has 6 rings (SSSR count). The summed E-state index contributed by atoms with van der Waals surface area (Å²) < 4.78 is 6.36. The largest absolute Gasteiger partial charge is 0.481 e. The molecule has 8 atom stereocenters. The molecule has 1 N–H and O–H groups in total. The third-order valence-corrected chi connectivity index (χ3v) is 14.9. The number of aliphatic carboxylic acids is 1. The Labute approximate surface area is 243 Å². The van der Waals surface area contributed by atoms with Crippen LogP contribution in [0.2, 0.25) is 0 Å². The van der Waals surface area contributed by atoms with Crippen molar-refractivity contribution in [3.63, 3.8) is 0 Å². The Hall–Kier alpha value is -1.32. The zero-order chi connectivity index (χ0) is 28.9. The van der Waals surface area contributed by atoms with Crippen LogP contribution in [0.4, 0.5) is 0 Å². The van der Waals surface area contributed by atoms with Gasteiger partial charge in [-0.15, -0.1) is 0 Å². The van der Waals surface area contributed by atoms with Gasteiger partial charge in [-0.1, -0.05) is 73.0 Å². The monoisotopic (exact) mass is 552 g/mol. The maximum Gasteiger partial charge on any atom is 0.313 e. The molecule has 5 fully saturated rings. The third-order valence-electron chi connectivity index (χ3n) is 14.9. The average molecular weight is 553 g/mol. The summed E-state index contributed by atoms with van der Waals surface area (Å²) in [5.41, 5.74) is 1.23. The molecule has 0 aromatic rings. The number of hydrogen-bond acceptors (Lipinski definition) is 3. The number of ether oxygens (including phenoxy) is 1. The molecule has 40 heavy (non-hydrogen) atoms. The van der Waals surface area contributed by atoms with E-state index in [2.05, 4.69) is 54.5 Å². The highest BCUT2D eigenvalue weighted by molar-refractivity contribution is 5.80. The van der Waals surface area contributed by atoms with Gasteiger partial charge in [-0.25, -0.2) is 0 Å². The number of carbonyl (C=O) groups is 2. The number of carboxylic acids is 1. The second-order valence-corrected chi connectivity index (χ2v) is 17.4. The van der Waals surface area contributed by atoms with Crippen molar-refractivity contribution in [3.05, 3.63) is 11.6 Å². The Morgan fingerprint density at radius 3 is 2.10 bits per heavy atom. The summed E-state index contributed by atoms with van der Waals surface area (Å²) in [5.74, 6) is 1.16. The van der Waals surface area contributed by atoms with Crippen LogP contribution in [0.1, 0.15) is 138 Å². The molecular formula is C36H56O4. The Balaban J connectivity index is 1.30. The quantitative estimate of drug-likeness (QED) is 0.280. The molecule has 4 heteroatoms. The van der Waals surface area contributed by atoms with Crippen molar-refractivity contribution in [1.82, 2.24) is 0 Å². The van der Waals surface area contributed by atoms with E-state index in [9.17, 15) is 14.7 Å². The van der Waals surface area contributed by atoms with Crippen molar-refractivity contribution in [2.75, 3.05) is 0 Å². The molecule has 0 bridgehead atoms. The Morgan fingerprint density at radius 1 is 0.750 bits per heavy atom. The molecule has 0 amide bonds. The molecule has 0 aromatic carbocycles. The highest BCUT2D eigenvalue weighted by Crippen LogP contribution is 2.76. The van der Waals surface area contributed by atoms with Gasteiger partial charge in [-0.2, -0.15) is 0 Å². The van der Waals surface area contributed by atoms with Crippen LogP contribution < -0.4 is 0 Å². The van der Waals surface area contributed by atoms with Crippen LogP contribution in [0, 0.1) is 56.2 Å². The van der Waals surface area contributed by atoms with E-state index in [1.807, 2.05) is 0 Å². The van der Waals surface area contributed by atoms with Crippen molar-refractivity contribution in [3.8, 4) is 0 Å². The molecule has 6 aliphatic rings. The number of rotatable bonds is 3. The zero-order valence-electron chi connectivity index (χ0n) is 26.5. The van der Waals surface area contributed by atoms with Gasteiger partial charge >= 0.3 is 11.9 Å². The maximum atomic E-state index is 13.1. The maximum absolute atomic E-state index is 13.1. The minimum Gasteiger partial charge on any atom is -0.481 e. The number of carbonyl (C=O) groups excluding carboxylic acids is 1. The van der Waals surface area contributed by atoms with Crippen LogP contribution in [0.25, 0.3) is 0 Å². The summed E-state index contributed by atoms with van der Waals surface area (Å²) in [6.45, 7) is 17.2. The second kappa shape index (κ2) is 9.09. The highest BCUT2D eigenvalue weighted by atomic mass is 16.5. The van der Waals surface area contributed by atoms with Crippen molar-refractivity contribution >= 4 is 11.9 Å². The number of hydrogen-bond donors (Lipinski definition) is 1. The summed E-state index contributed by atoms with van der Waals surface area (Å²) in [6.07, 6.45) is 17.2. The van der Waals surface area contributed by atoms with Crippen LogP contribution >= 0.6 is 0 Å². The molecule has 0 radical (unpaired) electrons. The smallest absolute Gasteiger partial charge is 0.313 e. The Morgan fingerprint density at radius 2 is 1.43 bits per heavy atom. The topological polar surface area (TPSA) is 63.6 Å². The van der Waals surface area contributed by atoms with Crippen LogP contribution in [-0.2, 0) is 14.3 Å². The first-order valence-electron chi connectivity index (χ1n) is 16.8. The highest BCUT2D eigenvalue weighted by Gasteiger charge is 2.70. The van der Waals surface area contributed by atoms with Gasteiger partial charge in [0.25, 0.3) is 0 Å². The molecule has 0 aromatic heterocycles. The van der Waals surface area contributed by atoms with E-state index in [1.54, 1.807) is 0 Å². The van der Waals surface area contributed by atoms with Gasteiger partial charge in [-0.05, 0) is 116 Å². The molecule has 0 saturated heterocycles. The first-order chi connectivity index (χ1) is 18.6.